The fourth-order valence-corrected chi connectivity index (χ4v) is 4.05. The van der Waals surface area contributed by atoms with Gasteiger partial charge in [-0.3, -0.25) is 4.79 Å². The third kappa shape index (κ3) is 4.85. The number of amides is 1. The van der Waals surface area contributed by atoms with Gasteiger partial charge in [-0.05, 0) is 40.8 Å². The maximum absolute atomic E-state index is 13.7. The van der Waals surface area contributed by atoms with Gasteiger partial charge in [-0.2, -0.15) is 17.9 Å². The minimum absolute atomic E-state index is 0.196. The average molecular weight is 494 g/mol. The molecular formula is C25H21F3N6O2. The van der Waals surface area contributed by atoms with E-state index in [1.165, 1.54) is 17.0 Å². The molecule has 0 N–H and O–H groups in total. The molecule has 11 heteroatoms. The molecule has 4 aromatic rings. The first-order valence-electron chi connectivity index (χ1n) is 11.2. The smallest absolute Gasteiger partial charge is 0.416 e. The highest BCUT2D eigenvalue weighted by Gasteiger charge is 2.32. The minimum Gasteiger partial charge on any atom is -0.465 e. The summed E-state index contributed by atoms with van der Waals surface area (Å²) in [5, 5.41) is 11.9. The Morgan fingerprint density at radius 1 is 0.944 bits per heavy atom. The van der Waals surface area contributed by atoms with Gasteiger partial charge in [0.15, 0.2) is 5.82 Å². The van der Waals surface area contributed by atoms with Gasteiger partial charge in [-0.1, -0.05) is 36.4 Å². The maximum atomic E-state index is 13.7. The van der Waals surface area contributed by atoms with Gasteiger partial charge < -0.3 is 14.2 Å². The van der Waals surface area contributed by atoms with Crippen LogP contribution in [0.4, 0.5) is 18.9 Å². The predicted molar refractivity (Wildman–Crippen MR) is 126 cm³/mol. The number of nitrogens with zero attached hydrogens (tertiary/aromatic N) is 6. The number of carbonyl (C=O) groups excluding carboxylic acids is 1. The zero-order valence-electron chi connectivity index (χ0n) is 19.0. The van der Waals surface area contributed by atoms with Gasteiger partial charge in [0.05, 0.1) is 11.8 Å². The van der Waals surface area contributed by atoms with E-state index in [2.05, 4.69) is 15.5 Å². The fraction of sp³-hybridized carbons (Fsp3) is 0.200. The Balaban J connectivity index is 1.39. The number of furan rings is 1. The number of hydrogen-bond acceptors (Lipinski definition) is 6. The average Bonchev–Trinajstić information content (AvgIpc) is 3.59. The van der Waals surface area contributed by atoms with E-state index in [-0.39, 0.29) is 11.6 Å². The molecule has 0 aliphatic carbocycles. The zero-order chi connectivity index (χ0) is 25.1. The summed E-state index contributed by atoms with van der Waals surface area (Å²) in [7, 11) is 0. The lowest BCUT2D eigenvalue weighted by Gasteiger charge is -2.36. The van der Waals surface area contributed by atoms with E-state index in [9.17, 15) is 18.0 Å². The van der Waals surface area contributed by atoms with E-state index in [1.807, 2.05) is 35.2 Å². The number of alkyl halides is 3. The van der Waals surface area contributed by atoms with E-state index in [4.69, 9.17) is 4.42 Å². The highest BCUT2D eigenvalue weighted by molar-refractivity contribution is 6.18. The first-order chi connectivity index (χ1) is 17.4. The quantitative estimate of drug-likeness (QED) is 0.385. The second-order valence-corrected chi connectivity index (χ2v) is 8.15. The summed E-state index contributed by atoms with van der Waals surface area (Å²) in [5.74, 6) is 0.527. The molecule has 0 atom stereocenters. The second-order valence-electron chi connectivity index (χ2n) is 8.15. The topological polar surface area (TPSA) is 80.3 Å². The van der Waals surface area contributed by atoms with E-state index < -0.39 is 11.7 Å². The Bertz CT molecular complexity index is 1360. The van der Waals surface area contributed by atoms with Crippen LogP contribution in [0.1, 0.15) is 11.3 Å². The zero-order valence-corrected chi connectivity index (χ0v) is 19.0. The van der Waals surface area contributed by atoms with Crippen LogP contribution in [0.15, 0.2) is 77.4 Å². The van der Waals surface area contributed by atoms with Crippen LogP contribution in [0.2, 0.25) is 0 Å². The van der Waals surface area contributed by atoms with Crippen molar-refractivity contribution >= 4 is 23.4 Å². The third-order valence-corrected chi connectivity index (χ3v) is 5.88. The summed E-state index contributed by atoms with van der Waals surface area (Å²) in [6.45, 7) is 1.38. The van der Waals surface area contributed by atoms with Gasteiger partial charge in [0.25, 0.3) is 5.91 Å². The molecular weight excluding hydrogens is 473 g/mol. The van der Waals surface area contributed by atoms with Crippen LogP contribution < -0.4 is 4.90 Å². The summed E-state index contributed by atoms with van der Waals surface area (Å²) in [4.78, 5) is 17.1. The normalized spacial score (nSPS) is 14.8. The second kappa shape index (κ2) is 9.68. The SMILES string of the molecule is O=C(/C(=C/c1ccco1)n1nnnc1-c1ccccc1)N1CCN(c2cccc(C(F)(F)F)c2)CC1. The van der Waals surface area contributed by atoms with Crippen LogP contribution in [-0.2, 0) is 11.0 Å². The number of anilines is 1. The van der Waals surface area contributed by atoms with Gasteiger partial charge in [0.2, 0.25) is 0 Å². The third-order valence-electron chi connectivity index (χ3n) is 5.88. The number of hydrogen-bond donors (Lipinski definition) is 0. The van der Waals surface area contributed by atoms with E-state index >= 15 is 0 Å². The summed E-state index contributed by atoms with van der Waals surface area (Å²) in [5.41, 5.74) is 0.695. The predicted octanol–water partition coefficient (Wildman–Crippen LogP) is 4.30. The molecule has 1 aliphatic rings. The van der Waals surface area contributed by atoms with E-state index in [1.54, 1.807) is 29.2 Å². The van der Waals surface area contributed by atoms with Crippen LogP contribution in [-0.4, -0.2) is 57.2 Å². The van der Waals surface area contributed by atoms with Gasteiger partial charge in [-0.15, -0.1) is 5.10 Å². The van der Waals surface area contributed by atoms with Gasteiger partial charge in [-0.25, -0.2) is 0 Å². The monoisotopic (exact) mass is 494 g/mol. The Morgan fingerprint density at radius 3 is 2.42 bits per heavy atom. The number of halogens is 3. The highest BCUT2D eigenvalue weighted by atomic mass is 19.4. The van der Waals surface area contributed by atoms with Crippen LogP contribution in [0.3, 0.4) is 0 Å². The molecule has 5 rings (SSSR count). The molecule has 3 heterocycles. The van der Waals surface area contributed by atoms with Crippen molar-refractivity contribution < 1.29 is 22.4 Å². The number of benzene rings is 2. The van der Waals surface area contributed by atoms with Crippen molar-refractivity contribution in [2.45, 2.75) is 6.18 Å². The fourth-order valence-electron chi connectivity index (χ4n) is 4.05. The molecule has 1 fully saturated rings. The van der Waals surface area contributed by atoms with E-state index in [0.29, 0.717) is 43.5 Å². The summed E-state index contributed by atoms with van der Waals surface area (Å²) in [6, 6.07) is 17.9. The Kier molecular flexibility index (Phi) is 6.28. The molecule has 0 radical (unpaired) electrons. The largest absolute Gasteiger partial charge is 0.465 e. The van der Waals surface area contributed by atoms with Crippen molar-refractivity contribution in [2.75, 3.05) is 31.1 Å². The molecule has 0 bridgehead atoms. The van der Waals surface area contributed by atoms with Crippen molar-refractivity contribution in [2.24, 2.45) is 0 Å². The van der Waals surface area contributed by atoms with Crippen molar-refractivity contribution in [3.63, 3.8) is 0 Å². The van der Waals surface area contributed by atoms with Gasteiger partial charge in [0.1, 0.15) is 11.5 Å². The van der Waals surface area contributed by atoms with Crippen LogP contribution in [0.5, 0.6) is 0 Å². The molecule has 0 unspecified atom stereocenters. The molecule has 2 aromatic heterocycles. The Morgan fingerprint density at radius 2 is 1.72 bits per heavy atom. The Hall–Kier alpha value is -4.41. The molecule has 36 heavy (non-hydrogen) atoms. The lowest BCUT2D eigenvalue weighted by molar-refractivity contribution is -0.137. The van der Waals surface area contributed by atoms with Crippen molar-refractivity contribution in [1.29, 1.82) is 0 Å². The highest BCUT2D eigenvalue weighted by Crippen LogP contribution is 2.32. The van der Waals surface area contributed by atoms with Crippen molar-refractivity contribution in [3.05, 3.63) is 84.3 Å². The first-order valence-corrected chi connectivity index (χ1v) is 11.2. The molecule has 8 nitrogen and oxygen atoms in total. The molecule has 0 spiro atoms. The van der Waals surface area contributed by atoms with Crippen molar-refractivity contribution in [3.8, 4) is 11.4 Å². The number of piperazine rings is 1. The molecule has 2 aromatic carbocycles. The number of tetrazole rings is 1. The molecule has 184 valence electrons. The molecule has 1 saturated heterocycles. The lowest BCUT2D eigenvalue weighted by Crippen LogP contribution is -2.49. The van der Waals surface area contributed by atoms with Crippen LogP contribution in [0, 0.1) is 0 Å². The maximum Gasteiger partial charge on any atom is 0.416 e. The molecule has 1 amide bonds. The van der Waals surface area contributed by atoms with Gasteiger partial charge in [0, 0.05) is 43.5 Å². The summed E-state index contributed by atoms with van der Waals surface area (Å²) in [6.07, 6.45) is -1.34. The number of rotatable bonds is 5. The Labute approximate surface area is 204 Å². The lowest BCUT2D eigenvalue weighted by atomic mass is 10.1. The van der Waals surface area contributed by atoms with E-state index in [0.717, 1.165) is 17.7 Å². The van der Waals surface area contributed by atoms with Crippen molar-refractivity contribution in [1.82, 2.24) is 25.1 Å². The first kappa shape index (κ1) is 23.3. The molecule has 1 aliphatic heterocycles. The summed E-state index contributed by atoms with van der Waals surface area (Å²) >= 11 is 0. The summed E-state index contributed by atoms with van der Waals surface area (Å²) < 4.78 is 46.2. The van der Waals surface area contributed by atoms with Crippen LogP contribution in [0.25, 0.3) is 23.2 Å². The number of carbonyl (C=O) groups is 1. The minimum atomic E-state index is -4.42. The van der Waals surface area contributed by atoms with Crippen LogP contribution >= 0.6 is 0 Å². The standard InChI is InChI=1S/C25H21F3N6O2/c26-25(27,28)19-8-4-9-20(16-19)32-11-13-33(14-12-32)24(35)22(17-21-10-5-15-36-21)34-23(29-30-31-34)18-6-2-1-3-7-18/h1-10,15-17H,11-14H2/b22-17-. The number of aromatic nitrogens is 4. The van der Waals surface area contributed by atoms with Gasteiger partial charge >= 0.3 is 6.18 Å². The molecule has 0 saturated carbocycles.